The van der Waals surface area contributed by atoms with Crippen molar-refractivity contribution >= 4 is 40.9 Å². The fourth-order valence-corrected chi connectivity index (χ4v) is 3.55. The van der Waals surface area contributed by atoms with Crippen LogP contribution in [-0.4, -0.2) is 35.2 Å². The number of ether oxygens (including phenoxy) is 2. The molecule has 32 heavy (non-hydrogen) atoms. The number of aromatic hydroxyl groups is 1. The number of anilines is 1. The molecular weight excluding hydrogens is 428 g/mol. The zero-order valence-corrected chi connectivity index (χ0v) is 18.7. The Balaban J connectivity index is 2.01. The fourth-order valence-electron chi connectivity index (χ4n) is 3.27. The Morgan fingerprint density at radius 2 is 1.81 bits per heavy atom. The lowest BCUT2D eigenvalue weighted by atomic mass is 10.0. The molecule has 0 aliphatic carbocycles. The molecule has 166 valence electrons. The van der Waals surface area contributed by atoms with E-state index in [1.807, 2.05) is 6.92 Å². The van der Waals surface area contributed by atoms with Gasteiger partial charge in [-0.25, -0.2) is 0 Å². The summed E-state index contributed by atoms with van der Waals surface area (Å²) in [5, 5.41) is 13.0. The SMILES string of the molecule is C=CCc1cc(/C=C2\C(=O)NC(=S)N(c3ccc(OCC)cc3)C2=O)cc(OCC)c1O. The smallest absolute Gasteiger partial charge is 0.270 e. The van der Waals surface area contributed by atoms with Gasteiger partial charge in [0.05, 0.1) is 18.9 Å². The Labute approximate surface area is 191 Å². The first-order chi connectivity index (χ1) is 15.4. The van der Waals surface area contributed by atoms with Gasteiger partial charge in [-0.15, -0.1) is 6.58 Å². The minimum atomic E-state index is -0.599. The van der Waals surface area contributed by atoms with Crippen LogP contribution in [0, 0.1) is 0 Å². The van der Waals surface area contributed by atoms with Crippen LogP contribution in [0.5, 0.6) is 17.2 Å². The molecule has 0 radical (unpaired) electrons. The van der Waals surface area contributed by atoms with E-state index in [-0.39, 0.29) is 22.2 Å². The van der Waals surface area contributed by atoms with Crippen LogP contribution in [0.15, 0.2) is 54.6 Å². The third-order valence-corrected chi connectivity index (χ3v) is 4.94. The van der Waals surface area contributed by atoms with Crippen LogP contribution in [-0.2, 0) is 16.0 Å². The van der Waals surface area contributed by atoms with E-state index < -0.39 is 11.8 Å². The molecule has 0 aromatic heterocycles. The highest BCUT2D eigenvalue weighted by Gasteiger charge is 2.34. The van der Waals surface area contributed by atoms with Crippen molar-refractivity contribution in [2.24, 2.45) is 0 Å². The average Bonchev–Trinajstić information content (AvgIpc) is 2.76. The maximum Gasteiger partial charge on any atom is 0.270 e. The van der Waals surface area contributed by atoms with Crippen molar-refractivity contribution in [3.05, 3.63) is 65.8 Å². The molecule has 2 aromatic rings. The quantitative estimate of drug-likeness (QED) is 0.275. The van der Waals surface area contributed by atoms with Crippen LogP contribution in [0.4, 0.5) is 5.69 Å². The van der Waals surface area contributed by atoms with Crippen molar-refractivity contribution in [3.63, 3.8) is 0 Å². The molecule has 0 bridgehead atoms. The summed E-state index contributed by atoms with van der Waals surface area (Å²) < 4.78 is 10.9. The number of hydrogen-bond donors (Lipinski definition) is 2. The standard InChI is InChI=1S/C24H24N2O5S/c1-4-7-16-12-15(14-20(21(16)27)31-6-3)13-19-22(28)25-24(32)26(23(19)29)17-8-10-18(11-9-17)30-5-2/h4,8-14,27H,1,5-7H2,2-3H3,(H,25,28,32)/b19-13+. The fraction of sp³-hybridized carbons (Fsp3) is 0.208. The van der Waals surface area contributed by atoms with E-state index >= 15 is 0 Å². The summed E-state index contributed by atoms with van der Waals surface area (Å²) in [6.45, 7) is 8.24. The number of nitrogens with one attached hydrogen (secondary N) is 1. The van der Waals surface area contributed by atoms with Crippen LogP contribution in [0.1, 0.15) is 25.0 Å². The largest absolute Gasteiger partial charge is 0.504 e. The predicted molar refractivity (Wildman–Crippen MR) is 127 cm³/mol. The van der Waals surface area contributed by atoms with Gasteiger partial charge in [-0.2, -0.15) is 0 Å². The van der Waals surface area contributed by atoms with Gasteiger partial charge in [0.15, 0.2) is 16.6 Å². The lowest BCUT2D eigenvalue weighted by Crippen LogP contribution is -2.54. The summed E-state index contributed by atoms with van der Waals surface area (Å²) in [6.07, 6.45) is 3.49. The van der Waals surface area contributed by atoms with Gasteiger partial charge in [0, 0.05) is 5.56 Å². The second kappa shape index (κ2) is 10.1. The Morgan fingerprint density at radius 3 is 2.44 bits per heavy atom. The van der Waals surface area contributed by atoms with Gasteiger partial charge >= 0.3 is 0 Å². The number of phenolic OH excluding ortho intramolecular Hbond substituents is 1. The molecule has 8 heteroatoms. The minimum Gasteiger partial charge on any atom is -0.504 e. The summed E-state index contributed by atoms with van der Waals surface area (Å²) in [4.78, 5) is 27.1. The normalized spacial score (nSPS) is 15.0. The molecule has 2 amide bonds. The molecule has 2 N–H and O–H groups in total. The molecular formula is C24H24N2O5S. The minimum absolute atomic E-state index is 0.00511. The number of carbonyl (C=O) groups excluding carboxylic acids is 2. The molecule has 3 rings (SSSR count). The highest BCUT2D eigenvalue weighted by atomic mass is 32.1. The van der Waals surface area contributed by atoms with Gasteiger partial charge in [0.1, 0.15) is 11.3 Å². The number of nitrogens with zero attached hydrogens (tertiary/aromatic N) is 1. The Kier molecular flexibility index (Phi) is 7.27. The van der Waals surface area contributed by atoms with Gasteiger partial charge in [0.25, 0.3) is 11.8 Å². The number of allylic oxidation sites excluding steroid dienone is 1. The summed E-state index contributed by atoms with van der Waals surface area (Å²) in [5.74, 6) is -0.224. The van der Waals surface area contributed by atoms with E-state index in [0.717, 1.165) is 0 Å². The maximum absolute atomic E-state index is 13.2. The van der Waals surface area contributed by atoms with Gasteiger partial charge in [-0.05, 0) is 80.5 Å². The van der Waals surface area contributed by atoms with Gasteiger partial charge < -0.3 is 14.6 Å². The zero-order valence-electron chi connectivity index (χ0n) is 17.9. The second-order valence-electron chi connectivity index (χ2n) is 6.84. The van der Waals surface area contributed by atoms with Crippen molar-refractivity contribution in [1.29, 1.82) is 0 Å². The van der Waals surface area contributed by atoms with Crippen LogP contribution in [0.25, 0.3) is 6.08 Å². The molecule has 0 unspecified atom stereocenters. The molecule has 1 aliphatic heterocycles. The number of hydrogen-bond acceptors (Lipinski definition) is 6. The molecule has 7 nitrogen and oxygen atoms in total. The monoisotopic (exact) mass is 452 g/mol. The van der Waals surface area contributed by atoms with E-state index in [1.54, 1.807) is 49.4 Å². The van der Waals surface area contributed by atoms with Gasteiger partial charge in [0.2, 0.25) is 0 Å². The Bertz CT molecular complexity index is 1090. The summed E-state index contributed by atoms with van der Waals surface area (Å²) in [6, 6.07) is 10.1. The third-order valence-electron chi connectivity index (χ3n) is 4.66. The first kappa shape index (κ1) is 23.0. The molecule has 0 atom stereocenters. The first-order valence-corrected chi connectivity index (χ1v) is 10.5. The van der Waals surface area contributed by atoms with E-state index in [4.69, 9.17) is 21.7 Å². The van der Waals surface area contributed by atoms with Crippen molar-refractivity contribution in [1.82, 2.24) is 5.32 Å². The lowest BCUT2D eigenvalue weighted by molar-refractivity contribution is -0.122. The predicted octanol–water partition coefficient (Wildman–Crippen LogP) is 3.75. The lowest BCUT2D eigenvalue weighted by Gasteiger charge is -2.29. The Morgan fingerprint density at radius 1 is 1.12 bits per heavy atom. The van der Waals surface area contributed by atoms with Crippen molar-refractivity contribution in [2.45, 2.75) is 20.3 Å². The number of amides is 2. The van der Waals surface area contributed by atoms with Crippen LogP contribution < -0.4 is 19.7 Å². The van der Waals surface area contributed by atoms with Crippen molar-refractivity contribution < 1.29 is 24.2 Å². The topological polar surface area (TPSA) is 88.1 Å². The molecule has 1 fully saturated rings. The number of phenols is 1. The number of benzene rings is 2. The molecule has 1 heterocycles. The van der Waals surface area contributed by atoms with E-state index in [2.05, 4.69) is 11.9 Å². The molecule has 1 aliphatic rings. The zero-order chi connectivity index (χ0) is 23.3. The van der Waals surface area contributed by atoms with Crippen LogP contribution in [0.3, 0.4) is 0 Å². The first-order valence-electron chi connectivity index (χ1n) is 10.1. The van der Waals surface area contributed by atoms with Crippen molar-refractivity contribution in [2.75, 3.05) is 18.1 Å². The van der Waals surface area contributed by atoms with Crippen LogP contribution >= 0.6 is 12.2 Å². The average molecular weight is 453 g/mol. The molecule has 1 saturated heterocycles. The Hall–Kier alpha value is -3.65. The van der Waals surface area contributed by atoms with Crippen LogP contribution in [0.2, 0.25) is 0 Å². The molecule has 0 saturated carbocycles. The highest BCUT2D eigenvalue weighted by Crippen LogP contribution is 2.34. The maximum atomic E-state index is 13.2. The summed E-state index contributed by atoms with van der Waals surface area (Å²) in [7, 11) is 0. The van der Waals surface area contributed by atoms with E-state index in [1.165, 1.54) is 11.0 Å². The third kappa shape index (κ3) is 4.81. The van der Waals surface area contributed by atoms with Gasteiger partial charge in [-0.3, -0.25) is 19.8 Å². The number of rotatable bonds is 8. The number of carbonyl (C=O) groups is 2. The van der Waals surface area contributed by atoms with E-state index in [9.17, 15) is 14.7 Å². The van der Waals surface area contributed by atoms with Crippen molar-refractivity contribution in [3.8, 4) is 17.2 Å². The second-order valence-corrected chi connectivity index (χ2v) is 7.22. The van der Waals surface area contributed by atoms with E-state index in [0.29, 0.717) is 42.2 Å². The molecule has 0 spiro atoms. The summed E-state index contributed by atoms with van der Waals surface area (Å²) in [5.41, 5.74) is 1.51. The molecule has 2 aromatic carbocycles. The summed E-state index contributed by atoms with van der Waals surface area (Å²) >= 11 is 5.24. The number of thiocarbonyl (C=S) groups is 1. The van der Waals surface area contributed by atoms with Gasteiger partial charge in [-0.1, -0.05) is 6.08 Å². The highest BCUT2D eigenvalue weighted by molar-refractivity contribution is 7.80.